The fourth-order valence-corrected chi connectivity index (χ4v) is 1.43. The minimum Gasteiger partial charge on any atom is -0.462 e. The number of rotatable bonds is 3. The third-order valence-corrected chi connectivity index (χ3v) is 2.45. The van der Waals surface area contributed by atoms with E-state index in [4.69, 9.17) is 10.00 Å². The van der Waals surface area contributed by atoms with Crippen LogP contribution >= 0.6 is 0 Å². The molecule has 0 spiro atoms. The van der Waals surface area contributed by atoms with Gasteiger partial charge in [0.15, 0.2) is 0 Å². The molecule has 0 saturated carbocycles. The highest BCUT2D eigenvalue weighted by molar-refractivity contribution is 6.01. The van der Waals surface area contributed by atoms with Crippen molar-refractivity contribution in [1.82, 2.24) is 0 Å². The molecule has 3 heteroatoms. The molecule has 0 atom stereocenters. The van der Waals surface area contributed by atoms with Crippen LogP contribution in [-0.2, 0) is 9.53 Å². The van der Waals surface area contributed by atoms with E-state index in [1.165, 1.54) is 0 Å². The molecule has 0 N–H and O–H groups in total. The van der Waals surface area contributed by atoms with E-state index >= 15 is 0 Å². The lowest BCUT2D eigenvalue weighted by molar-refractivity contribution is -0.137. The van der Waals surface area contributed by atoms with Crippen LogP contribution in [0.1, 0.15) is 25.0 Å². The van der Waals surface area contributed by atoms with Crippen molar-refractivity contribution in [3.8, 4) is 6.07 Å². The molecule has 0 heterocycles. The van der Waals surface area contributed by atoms with Crippen molar-refractivity contribution in [2.75, 3.05) is 6.61 Å². The Labute approximate surface area is 101 Å². The summed E-state index contributed by atoms with van der Waals surface area (Å²) in [7, 11) is 0. The molecule has 0 bridgehead atoms. The number of nitrogens with zero attached hydrogens (tertiary/aromatic N) is 1. The van der Waals surface area contributed by atoms with Crippen molar-refractivity contribution in [1.29, 1.82) is 5.26 Å². The van der Waals surface area contributed by atoms with Crippen LogP contribution in [0.15, 0.2) is 29.8 Å². The van der Waals surface area contributed by atoms with Gasteiger partial charge in [-0.05, 0) is 31.9 Å². The van der Waals surface area contributed by atoms with E-state index in [0.29, 0.717) is 5.57 Å². The fourth-order valence-electron chi connectivity index (χ4n) is 1.43. The van der Waals surface area contributed by atoms with Crippen LogP contribution in [0.5, 0.6) is 0 Å². The largest absolute Gasteiger partial charge is 0.462 e. The number of esters is 1. The van der Waals surface area contributed by atoms with Gasteiger partial charge in [0.1, 0.15) is 11.6 Å². The van der Waals surface area contributed by atoms with Gasteiger partial charge in [0, 0.05) is 0 Å². The monoisotopic (exact) mass is 229 g/mol. The number of carbonyl (C=O) groups is 1. The Kier molecular flexibility index (Phi) is 4.47. The molecule has 0 saturated heterocycles. The number of allylic oxidation sites excluding steroid dienone is 1. The normalized spacial score (nSPS) is 11.4. The van der Waals surface area contributed by atoms with E-state index in [1.54, 1.807) is 13.8 Å². The molecular weight excluding hydrogens is 214 g/mol. The SMILES string of the molecule is CCOC(=O)/C(C#N)=C(\C)c1ccc(C)cc1. The highest BCUT2D eigenvalue weighted by atomic mass is 16.5. The Balaban J connectivity index is 3.13. The highest BCUT2D eigenvalue weighted by Gasteiger charge is 2.14. The summed E-state index contributed by atoms with van der Waals surface area (Å²) >= 11 is 0. The molecule has 0 amide bonds. The second kappa shape index (κ2) is 5.86. The Morgan fingerprint density at radius 3 is 2.41 bits per heavy atom. The van der Waals surface area contributed by atoms with Crippen LogP contribution in [0.2, 0.25) is 0 Å². The van der Waals surface area contributed by atoms with Crippen LogP contribution < -0.4 is 0 Å². The van der Waals surface area contributed by atoms with E-state index in [-0.39, 0.29) is 12.2 Å². The second-order valence-corrected chi connectivity index (χ2v) is 3.70. The number of aryl methyl sites for hydroxylation is 1. The molecular formula is C14H15NO2. The molecule has 0 aliphatic heterocycles. The Morgan fingerprint density at radius 2 is 1.94 bits per heavy atom. The van der Waals surface area contributed by atoms with E-state index in [0.717, 1.165) is 11.1 Å². The first kappa shape index (κ1) is 13.0. The van der Waals surface area contributed by atoms with Crippen molar-refractivity contribution in [2.45, 2.75) is 20.8 Å². The second-order valence-electron chi connectivity index (χ2n) is 3.70. The molecule has 1 aromatic rings. The van der Waals surface area contributed by atoms with Crippen molar-refractivity contribution < 1.29 is 9.53 Å². The summed E-state index contributed by atoms with van der Waals surface area (Å²) < 4.78 is 4.84. The summed E-state index contributed by atoms with van der Waals surface area (Å²) in [5.74, 6) is -0.562. The summed E-state index contributed by atoms with van der Waals surface area (Å²) in [6.45, 7) is 5.72. The van der Waals surface area contributed by atoms with Crippen LogP contribution in [0, 0.1) is 18.3 Å². The van der Waals surface area contributed by atoms with Gasteiger partial charge in [-0.25, -0.2) is 4.79 Å². The maximum atomic E-state index is 11.6. The summed E-state index contributed by atoms with van der Waals surface area (Å²) in [4.78, 5) is 11.6. The van der Waals surface area contributed by atoms with E-state index < -0.39 is 5.97 Å². The minimum atomic E-state index is -0.562. The Bertz CT molecular complexity index is 478. The molecule has 0 aromatic heterocycles. The molecule has 3 nitrogen and oxygen atoms in total. The summed E-state index contributed by atoms with van der Waals surface area (Å²) in [5.41, 5.74) is 2.71. The highest BCUT2D eigenvalue weighted by Crippen LogP contribution is 2.19. The molecule has 0 unspecified atom stereocenters. The minimum absolute atomic E-state index is 0.0655. The first-order chi connectivity index (χ1) is 8.10. The van der Waals surface area contributed by atoms with Gasteiger partial charge in [-0.2, -0.15) is 5.26 Å². The van der Waals surface area contributed by atoms with Crippen LogP contribution in [0.4, 0.5) is 0 Å². The maximum absolute atomic E-state index is 11.6. The lowest BCUT2D eigenvalue weighted by Gasteiger charge is -2.06. The van der Waals surface area contributed by atoms with E-state index in [2.05, 4.69) is 0 Å². The van der Waals surface area contributed by atoms with Crippen molar-refractivity contribution in [3.05, 3.63) is 41.0 Å². The average Bonchev–Trinajstić information content (AvgIpc) is 2.31. The van der Waals surface area contributed by atoms with Crippen LogP contribution in [-0.4, -0.2) is 12.6 Å². The average molecular weight is 229 g/mol. The topological polar surface area (TPSA) is 50.1 Å². The first-order valence-corrected chi connectivity index (χ1v) is 5.45. The van der Waals surface area contributed by atoms with E-state index in [1.807, 2.05) is 37.3 Å². The zero-order valence-electron chi connectivity index (χ0n) is 10.3. The lowest BCUT2D eigenvalue weighted by atomic mass is 10.0. The maximum Gasteiger partial charge on any atom is 0.349 e. The molecule has 88 valence electrons. The molecule has 1 aromatic carbocycles. The van der Waals surface area contributed by atoms with Gasteiger partial charge in [-0.15, -0.1) is 0 Å². The number of hydrogen-bond acceptors (Lipinski definition) is 3. The molecule has 17 heavy (non-hydrogen) atoms. The molecule has 0 aliphatic rings. The third kappa shape index (κ3) is 3.18. The summed E-state index contributed by atoms with van der Waals surface area (Å²) in [6, 6.07) is 9.57. The number of hydrogen-bond donors (Lipinski definition) is 0. The van der Waals surface area contributed by atoms with E-state index in [9.17, 15) is 4.79 Å². The molecule has 0 fully saturated rings. The number of carbonyl (C=O) groups excluding carboxylic acids is 1. The number of nitriles is 1. The van der Waals surface area contributed by atoms with Crippen molar-refractivity contribution in [2.24, 2.45) is 0 Å². The predicted molar refractivity (Wildman–Crippen MR) is 66.0 cm³/mol. The van der Waals surface area contributed by atoms with Crippen molar-refractivity contribution in [3.63, 3.8) is 0 Å². The van der Waals surface area contributed by atoms with Crippen LogP contribution in [0.3, 0.4) is 0 Å². The first-order valence-electron chi connectivity index (χ1n) is 5.45. The van der Waals surface area contributed by atoms with Gasteiger partial charge in [0.25, 0.3) is 0 Å². The third-order valence-electron chi connectivity index (χ3n) is 2.45. The summed E-state index contributed by atoms with van der Waals surface area (Å²) in [6.07, 6.45) is 0. The quantitative estimate of drug-likeness (QED) is 0.455. The van der Waals surface area contributed by atoms with Crippen molar-refractivity contribution >= 4 is 11.5 Å². The van der Waals surface area contributed by atoms with Crippen LogP contribution in [0.25, 0.3) is 5.57 Å². The zero-order valence-corrected chi connectivity index (χ0v) is 10.3. The van der Waals surface area contributed by atoms with Gasteiger partial charge in [-0.1, -0.05) is 29.8 Å². The number of ether oxygens (including phenoxy) is 1. The van der Waals surface area contributed by atoms with Gasteiger partial charge >= 0.3 is 5.97 Å². The Morgan fingerprint density at radius 1 is 1.35 bits per heavy atom. The van der Waals surface area contributed by atoms with Gasteiger partial charge in [0.05, 0.1) is 6.61 Å². The van der Waals surface area contributed by atoms with Gasteiger partial charge in [0.2, 0.25) is 0 Å². The Hall–Kier alpha value is -2.08. The van der Waals surface area contributed by atoms with Gasteiger partial charge in [-0.3, -0.25) is 0 Å². The predicted octanol–water partition coefficient (Wildman–Crippen LogP) is 2.86. The molecule has 0 aliphatic carbocycles. The molecule has 1 rings (SSSR count). The smallest absolute Gasteiger partial charge is 0.349 e. The lowest BCUT2D eigenvalue weighted by Crippen LogP contribution is -2.08. The zero-order chi connectivity index (χ0) is 12.8. The number of benzene rings is 1. The fraction of sp³-hybridized carbons (Fsp3) is 0.286. The van der Waals surface area contributed by atoms with Gasteiger partial charge < -0.3 is 4.74 Å². The summed E-state index contributed by atoms with van der Waals surface area (Å²) in [5, 5.41) is 9.00. The standard InChI is InChI=1S/C14H15NO2/c1-4-17-14(16)13(9-15)11(3)12-7-5-10(2)6-8-12/h5-8H,4H2,1-3H3/b13-11+. The molecule has 0 radical (unpaired) electrons.